The summed E-state index contributed by atoms with van der Waals surface area (Å²) in [7, 11) is 1.44. The van der Waals surface area contributed by atoms with Gasteiger partial charge in [0.25, 0.3) is 0 Å². The summed E-state index contributed by atoms with van der Waals surface area (Å²) in [4.78, 5) is 29.7. The standard InChI is InChI=1S/C23H23N3O5/c1-30-21-12-16(2-7-20(21)23(28)29)17-13-22(27)26(14-17)18-3-5-19(6-4-18)31-11-10-25-9-8-24-15-25/h2-9,12,15,17H,10-11,13-14H2,1H3,(H,28,29). The number of methoxy groups -OCH3 is 1. The molecule has 2 heterocycles. The third-order valence-electron chi connectivity index (χ3n) is 5.38. The maximum atomic E-state index is 12.6. The van der Waals surface area contributed by atoms with Gasteiger partial charge in [0.15, 0.2) is 0 Å². The lowest BCUT2D eigenvalue weighted by Crippen LogP contribution is -2.24. The Labute approximate surface area is 179 Å². The summed E-state index contributed by atoms with van der Waals surface area (Å²) in [5, 5.41) is 9.25. The summed E-state index contributed by atoms with van der Waals surface area (Å²) >= 11 is 0. The number of carbonyl (C=O) groups excluding carboxylic acids is 1. The molecule has 8 nitrogen and oxygen atoms in total. The smallest absolute Gasteiger partial charge is 0.339 e. The first-order chi connectivity index (χ1) is 15.0. The molecule has 0 saturated carbocycles. The predicted octanol–water partition coefficient (Wildman–Crippen LogP) is 3.19. The zero-order chi connectivity index (χ0) is 21.8. The van der Waals surface area contributed by atoms with E-state index in [9.17, 15) is 14.7 Å². The van der Waals surface area contributed by atoms with Crippen LogP contribution < -0.4 is 14.4 Å². The van der Waals surface area contributed by atoms with Crippen LogP contribution in [-0.4, -0.2) is 46.8 Å². The Hall–Kier alpha value is -3.81. The monoisotopic (exact) mass is 421 g/mol. The Bertz CT molecular complexity index is 1060. The number of nitrogens with zero attached hydrogens (tertiary/aromatic N) is 3. The summed E-state index contributed by atoms with van der Waals surface area (Å²) in [6.07, 6.45) is 5.71. The van der Waals surface area contributed by atoms with E-state index >= 15 is 0 Å². The minimum Gasteiger partial charge on any atom is -0.496 e. The molecule has 1 aromatic heterocycles. The normalized spacial score (nSPS) is 15.8. The Kier molecular flexibility index (Phi) is 5.88. The quantitative estimate of drug-likeness (QED) is 0.600. The number of carbonyl (C=O) groups is 2. The number of carboxylic acids is 1. The molecule has 4 rings (SSSR count). The lowest BCUT2D eigenvalue weighted by molar-refractivity contribution is -0.117. The first-order valence-electron chi connectivity index (χ1n) is 9.95. The number of ether oxygens (including phenoxy) is 2. The van der Waals surface area contributed by atoms with Gasteiger partial charge < -0.3 is 24.0 Å². The number of amides is 1. The van der Waals surface area contributed by atoms with Crippen LogP contribution in [0.2, 0.25) is 0 Å². The molecular weight excluding hydrogens is 398 g/mol. The average molecular weight is 421 g/mol. The molecule has 31 heavy (non-hydrogen) atoms. The van der Waals surface area contributed by atoms with Gasteiger partial charge in [-0.05, 0) is 42.0 Å². The van der Waals surface area contributed by atoms with Crippen molar-refractivity contribution in [2.75, 3.05) is 25.2 Å². The van der Waals surface area contributed by atoms with E-state index in [2.05, 4.69) is 4.98 Å². The van der Waals surface area contributed by atoms with Crippen molar-refractivity contribution in [2.45, 2.75) is 18.9 Å². The fourth-order valence-corrected chi connectivity index (χ4v) is 3.73. The molecule has 1 amide bonds. The number of anilines is 1. The van der Waals surface area contributed by atoms with Crippen molar-refractivity contribution < 1.29 is 24.2 Å². The van der Waals surface area contributed by atoms with Crippen molar-refractivity contribution >= 4 is 17.6 Å². The van der Waals surface area contributed by atoms with Gasteiger partial charge in [0.05, 0.1) is 20.0 Å². The van der Waals surface area contributed by atoms with Crippen LogP contribution in [0.4, 0.5) is 5.69 Å². The minimum atomic E-state index is -1.04. The van der Waals surface area contributed by atoms with Crippen LogP contribution in [0, 0.1) is 0 Å². The van der Waals surface area contributed by atoms with Gasteiger partial charge in [0.1, 0.15) is 23.7 Å². The molecule has 1 saturated heterocycles. The van der Waals surface area contributed by atoms with E-state index in [1.165, 1.54) is 13.2 Å². The molecule has 8 heteroatoms. The topological polar surface area (TPSA) is 93.9 Å². The average Bonchev–Trinajstić information content (AvgIpc) is 3.43. The molecule has 1 aliphatic rings. The van der Waals surface area contributed by atoms with Gasteiger partial charge in [-0.2, -0.15) is 0 Å². The number of aromatic nitrogens is 2. The first kappa shape index (κ1) is 20.5. The number of aromatic carboxylic acids is 1. The van der Waals surface area contributed by atoms with Crippen molar-refractivity contribution in [2.24, 2.45) is 0 Å². The molecule has 160 valence electrons. The summed E-state index contributed by atoms with van der Waals surface area (Å²) in [5.74, 6) is -0.00980. The molecule has 2 aromatic carbocycles. The van der Waals surface area contributed by atoms with Crippen molar-refractivity contribution in [1.82, 2.24) is 9.55 Å². The van der Waals surface area contributed by atoms with E-state index in [1.54, 1.807) is 29.6 Å². The number of benzene rings is 2. The predicted molar refractivity (Wildman–Crippen MR) is 114 cm³/mol. The first-order valence-corrected chi connectivity index (χ1v) is 9.95. The van der Waals surface area contributed by atoms with Crippen LogP contribution in [-0.2, 0) is 11.3 Å². The van der Waals surface area contributed by atoms with Crippen molar-refractivity contribution in [3.05, 3.63) is 72.3 Å². The highest BCUT2D eigenvalue weighted by Gasteiger charge is 2.32. The van der Waals surface area contributed by atoms with E-state index in [0.717, 1.165) is 17.0 Å². The van der Waals surface area contributed by atoms with Gasteiger partial charge in [-0.1, -0.05) is 6.07 Å². The largest absolute Gasteiger partial charge is 0.496 e. The second-order valence-corrected chi connectivity index (χ2v) is 7.31. The number of rotatable bonds is 8. The zero-order valence-corrected chi connectivity index (χ0v) is 17.1. The molecule has 3 aromatic rings. The SMILES string of the molecule is COc1cc(C2CC(=O)N(c3ccc(OCCn4ccnc4)cc3)C2)ccc1C(=O)O. The maximum absolute atomic E-state index is 12.6. The fraction of sp³-hybridized carbons (Fsp3) is 0.261. The lowest BCUT2D eigenvalue weighted by Gasteiger charge is -2.18. The van der Waals surface area contributed by atoms with Gasteiger partial charge in [0, 0.05) is 37.0 Å². The summed E-state index contributed by atoms with van der Waals surface area (Å²) in [6.45, 7) is 1.75. The molecule has 1 atom stereocenters. The lowest BCUT2D eigenvalue weighted by atomic mass is 9.96. The Balaban J connectivity index is 1.40. The van der Waals surface area contributed by atoms with Crippen molar-refractivity contribution in [1.29, 1.82) is 0 Å². The maximum Gasteiger partial charge on any atom is 0.339 e. The Morgan fingerprint density at radius 1 is 1.23 bits per heavy atom. The van der Waals surface area contributed by atoms with E-state index < -0.39 is 5.97 Å². The van der Waals surface area contributed by atoms with Crippen LogP contribution in [0.15, 0.2) is 61.2 Å². The number of imidazole rings is 1. The zero-order valence-electron chi connectivity index (χ0n) is 17.1. The van der Waals surface area contributed by atoms with E-state index in [0.29, 0.717) is 31.9 Å². The second-order valence-electron chi connectivity index (χ2n) is 7.31. The fourth-order valence-electron chi connectivity index (χ4n) is 3.73. The van der Waals surface area contributed by atoms with E-state index in [4.69, 9.17) is 9.47 Å². The van der Waals surface area contributed by atoms with Gasteiger partial charge >= 0.3 is 5.97 Å². The van der Waals surface area contributed by atoms with Gasteiger partial charge in [-0.15, -0.1) is 0 Å². The summed E-state index contributed by atoms with van der Waals surface area (Å²) in [6, 6.07) is 12.5. The number of hydrogen-bond acceptors (Lipinski definition) is 5. The molecule has 0 aliphatic carbocycles. The van der Waals surface area contributed by atoms with Gasteiger partial charge in [-0.3, -0.25) is 4.79 Å². The molecule has 1 N–H and O–H groups in total. The third kappa shape index (κ3) is 4.53. The van der Waals surface area contributed by atoms with E-state index in [-0.39, 0.29) is 17.4 Å². The second kappa shape index (κ2) is 8.91. The van der Waals surface area contributed by atoms with Crippen LogP contribution in [0.25, 0.3) is 0 Å². The molecule has 0 bridgehead atoms. The Morgan fingerprint density at radius 2 is 2.03 bits per heavy atom. The van der Waals surface area contributed by atoms with Crippen molar-refractivity contribution in [3.8, 4) is 11.5 Å². The van der Waals surface area contributed by atoms with Gasteiger partial charge in [0.2, 0.25) is 5.91 Å². The van der Waals surface area contributed by atoms with Crippen LogP contribution in [0.1, 0.15) is 28.3 Å². The van der Waals surface area contributed by atoms with E-state index in [1.807, 2.05) is 35.0 Å². The molecule has 1 aliphatic heterocycles. The van der Waals surface area contributed by atoms with Gasteiger partial charge in [-0.25, -0.2) is 9.78 Å². The van der Waals surface area contributed by atoms with Crippen LogP contribution >= 0.6 is 0 Å². The number of hydrogen-bond donors (Lipinski definition) is 1. The molecular formula is C23H23N3O5. The third-order valence-corrected chi connectivity index (χ3v) is 5.38. The highest BCUT2D eigenvalue weighted by Crippen LogP contribution is 2.34. The summed E-state index contributed by atoms with van der Waals surface area (Å²) in [5.41, 5.74) is 1.80. The molecule has 0 spiro atoms. The van der Waals surface area contributed by atoms with Crippen molar-refractivity contribution in [3.63, 3.8) is 0 Å². The minimum absolute atomic E-state index is 0.0278. The molecule has 1 fully saturated rings. The highest BCUT2D eigenvalue weighted by molar-refractivity contribution is 5.96. The molecule has 1 unspecified atom stereocenters. The summed E-state index contributed by atoms with van der Waals surface area (Å²) < 4.78 is 12.9. The Morgan fingerprint density at radius 3 is 2.71 bits per heavy atom. The van der Waals surface area contributed by atoms with Crippen LogP contribution in [0.3, 0.4) is 0 Å². The van der Waals surface area contributed by atoms with Crippen LogP contribution in [0.5, 0.6) is 11.5 Å². The molecule has 0 radical (unpaired) electrons. The highest BCUT2D eigenvalue weighted by atomic mass is 16.5. The number of carboxylic acid groups (broad SMARTS) is 1.